The number of hydrogen-bond acceptors (Lipinski definition) is 3. The second kappa shape index (κ2) is 7.76. The monoisotopic (exact) mass is 314 g/mol. The molecule has 124 valence electrons. The van der Waals surface area contributed by atoms with Gasteiger partial charge >= 0.3 is 5.97 Å². The third kappa shape index (κ3) is 4.21. The van der Waals surface area contributed by atoms with E-state index >= 15 is 0 Å². The van der Waals surface area contributed by atoms with Crippen molar-refractivity contribution in [2.75, 3.05) is 0 Å². The Labute approximate surface area is 138 Å². The largest absolute Gasteiger partial charge is 0.461 e. The number of Topliss-reactive ketones (excluding diaryl/α,β-unsaturated/α-hetero) is 1. The van der Waals surface area contributed by atoms with Gasteiger partial charge in [-0.3, -0.25) is 9.59 Å². The number of carbonyl (C=O) groups excluding carboxylic acids is 2. The van der Waals surface area contributed by atoms with Gasteiger partial charge in [0.2, 0.25) is 0 Å². The average Bonchev–Trinajstić information content (AvgIpc) is 2.61. The first kappa shape index (κ1) is 16.2. The number of hydrogen-bond donors (Lipinski definition) is 0. The van der Waals surface area contributed by atoms with E-state index in [1.54, 1.807) is 0 Å². The maximum atomic E-state index is 12.6. The molecule has 3 rings (SSSR count). The summed E-state index contributed by atoms with van der Waals surface area (Å²) in [6.07, 6.45) is 7.89. The number of carbonyl (C=O) groups is 2. The fraction of sp³-hybridized carbons (Fsp3) is 0.600. The van der Waals surface area contributed by atoms with Crippen LogP contribution in [0.25, 0.3) is 0 Å². The smallest absolute Gasteiger partial charge is 0.309 e. The van der Waals surface area contributed by atoms with E-state index in [0.717, 1.165) is 5.56 Å². The fourth-order valence-electron chi connectivity index (χ4n) is 4.22. The molecule has 0 N–H and O–H groups in total. The first-order chi connectivity index (χ1) is 11.2. The molecule has 0 radical (unpaired) electrons. The minimum absolute atomic E-state index is 0.0838. The van der Waals surface area contributed by atoms with Crippen LogP contribution in [0.2, 0.25) is 0 Å². The van der Waals surface area contributed by atoms with Crippen molar-refractivity contribution in [1.82, 2.24) is 0 Å². The molecule has 3 nitrogen and oxygen atoms in total. The lowest BCUT2D eigenvalue weighted by molar-refractivity contribution is -0.155. The van der Waals surface area contributed by atoms with Gasteiger partial charge in [-0.15, -0.1) is 0 Å². The molecular weight excluding hydrogens is 288 g/mol. The van der Waals surface area contributed by atoms with Crippen LogP contribution in [-0.2, 0) is 20.9 Å². The quantitative estimate of drug-likeness (QED) is 0.778. The van der Waals surface area contributed by atoms with Gasteiger partial charge in [0.1, 0.15) is 12.4 Å². The van der Waals surface area contributed by atoms with E-state index in [9.17, 15) is 9.59 Å². The van der Waals surface area contributed by atoms with Crippen LogP contribution in [0.15, 0.2) is 30.3 Å². The molecule has 0 aliphatic heterocycles. The SMILES string of the molecule is O=C1CCC(C(=O)OCc2ccccc2)C(C2CCCCC2)C1. The van der Waals surface area contributed by atoms with Crippen molar-refractivity contribution in [2.45, 2.75) is 58.0 Å². The molecule has 1 aromatic carbocycles. The maximum Gasteiger partial charge on any atom is 0.309 e. The third-order valence-electron chi connectivity index (χ3n) is 5.50. The first-order valence-corrected chi connectivity index (χ1v) is 8.96. The molecule has 0 saturated heterocycles. The molecule has 23 heavy (non-hydrogen) atoms. The topological polar surface area (TPSA) is 43.4 Å². The molecule has 2 saturated carbocycles. The van der Waals surface area contributed by atoms with Gasteiger partial charge < -0.3 is 4.74 Å². The van der Waals surface area contributed by atoms with Crippen LogP contribution in [-0.4, -0.2) is 11.8 Å². The Morgan fingerprint density at radius 3 is 2.52 bits per heavy atom. The third-order valence-corrected chi connectivity index (χ3v) is 5.50. The Morgan fingerprint density at radius 2 is 1.78 bits per heavy atom. The second-order valence-corrected chi connectivity index (χ2v) is 7.04. The number of rotatable bonds is 4. The summed E-state index contributed by atoms with van der Waals surface area (Å²) in [4.78, 5) is 24.5. The van der Waals surface area contributed by atoms with Gasteiger partial charge in [-0.2, -0.15) is 0 Å². The summed E-state index contributed by atoms with van der Waals surface area (Å²) < 4.78 is 5.57. The van der Waals surface area contributed by atoms with Crippen LogP contribution in [0.4, 0.5) is 0 Å². The van der Waals surface area contributed by atoms with E-state index in [0.29, 0.717) is 37.6 Å². The van der Waals surface area contributed by atoms with E-state index < -0.39 is 0 Å². The van der Waals surface area contributed by atoms with Crippen molar-refractivity contribution in [2.24, 2.45) is 17.8 Å². The molecular formula is C20H26O3. The molecule has 1 aromatic rings. The van der Waals surface area contributed by atoms with Crippen molar-refractivity contribution in [3.05, 3.63) is 35.9 Å². The molecule has 0 spiro atoms. The highest BCUT2D eigenvalue weighted by Crippen LogP contribution is 2.41. The van der Waals surface area contributed by atoms with Gasteiger partial charge in [-0.1, -0.05) is 62.4 Å². The Bertz CT molecular complexity index is 531. The summed E-state index contributed by atoms with van der Waals surface area (Å²) in [7, 11) is 0. The van der Waals surface area contributed by atoms with E-state index in [-0.39, 0.29) is 17.8 Å². The summed E-state index contributed by atoms with van der Waals surface area (Å²) in [6, 6.07) is 9.80. The summed E-state index contributed by atoms with van der Waals surface area (Å²) in [6.45, 7) is 0.335. The Balaban J connectivity index is 1.62. The fourth-order valence-corrected chi connectivity index (χ4v) is 4.22. The van der Waals surface area contributed by atoms with E-state index in [1.165, 1.54) is 32.1 Å². The van der Waals surface area contributed by atoms with Gasteiger partial charge in [0, 0.05) is 12.8 Å². The first-order valence-electron chi connectivity index (χ1n) is 8.96. The number of ketones is 1. The van der Waals surface area contributed by atoms with Crippen LogP contribution in [0, 0.1) is 17.8 Å². The predicted octanol–water partition coefficient (Wildman–Crippen LogP) is 4.30. The van der Waals surface area contributed by atoms with Gasteiger partial charge in [0.25, 0.3) is 0 Å². The molecule has 2 atom stereocenters. The van der Waals surface area contributed by atoms with Crippen molar-refractivity contribution >= 4 is 11.8 Å². The lowest BCUT2D eigenvalue weighted by atomic mass is 9.67. The van der Waals surface area contributed by atoms with Crippen molar-refractivity contribution in [3.63, 3.8) is 0 Å². The zero-order valence-corrected chi connectivity index (χ0v) is 13.7. The van der Waals surface area contributed by atoms with Crippen LogP contribution in [0.1, 0.15) is 56.9 Å². The van der Waals surface area contributed by atoms with Crippen LogP contribution in [0.5, 0.6) is 0 Å². The number of ether oxygens (including phenoxy) is 1. The van der Waals surface area contributed by atoms with Gasteiger partial charge in [-0.05, 0) is 23.8 Å². The summed E-state index contributed by atoms with van der Waals surface area (Å²) in [5.41, 5.74) is 1.02. The van der Waals surface area contributed by atoms with Crippen LogP contribution >= 0.6 is 0 Å². The molecule has 2 aliphatic rings. The molecule has 3 heteroatoms. The highest BCUT2D eigenvalue weighted by Gasteiger charge is 2.39. The molecule has 2 unspecified atom stereocenters. The minimum atomic E-state index is -0.100. The summed E-state index contributed by atoms with van der Waals surface area (Å²) in [5.74, 6) is 0.881. The van der Waals surface area contributed by atoms with E-state index in [1.807, 2.05) is 30.3 Å². The van der Waals surface area contributed by atoms with Crippen LogP contribution < -0.4 is 0 Å². The summed E-state index contributed by atoms with van der Waals surface area (Å²) in [5, 5.41) is 0. The van der Waals surface area contributed by atoms with E-state index in [2.05, 4.69) is 0 Å². The van der Waals surface area contributed by atoms with E-state index in [4.69, 9.17) is 4.74 Å². The molecule has 0 heterocycles. The van der Waals surface area contributed by atoms with Gasteiger partial charge in [-0.25, -0.2) is 0 Å². The van der Waals surface area contributed by atoms with Gasteiger partial charge in [0.05, 0.1) is 5.92 Å². The van der Waals surface area contributed by atoms with Crippen LogP contribution in [0.3, 0.4) is 0 Å². The predicted molar refractivity (Wildman–Crippen MR) is 88.7 cm³/mol. The van der Waals surface area contributed by atoms with Crippen molar-refractivity contribution < 1.29 is 14.3 Å². The lowest BCUT2D eigenvalue weighted by Gasteiger charge is -2.37. The molecule has 0 bridgehead atoms. The zero-order valence-electron chi connectivity index (χ0n) is 13.7. The molecule has 2 fully saturated rings. The molecule has 0 amide bonds. The molecule has 2 aliphatic carbocycles. The lowest BCUT2D eigenvalue weighted by Crippen LogP contribution is -2.37. The standard InChI is InChI=1S/C20H26O3/c21-17-11-12-18(19(13-17)16-9-5-2-6-10-16)20(22)23-14-15-7-3-1-4-8-15/h1,3-4,7-8,16,18-19H,2,5-6,9-14H2. The highest BCUT2D eigenvalue weighted by molar-refractivity contribution is 5.83. The Hall–Kier alpha value is -1.64. The normalized spacial score (nSPS) is 26.0. The van der Waals surface area contributed by atoms with Crippen molar-refractivity contribution in [1.29, 1.82) is 0 Å². The second-order valence-electron chi connectivity index (χ2n) is 7.04. The Kier molecular flexibility index (Phi) is 5.47. The summed E-state index contributed by atoms with van der Waals surface area (Å²) >= 11 is 0. The zero-order chi connectivity index (χ0) is 16.1. The minimum Gasteiger partial charge on any atom is -0.461 e. The Morgan fingerprint density at radius 1 is 1.04 bits per heavy atom. The van der Waals surface area contributed by atoms with Gasteiger partial charge in [0.15, 0.2) is 0 Å². The number of esters is 1. The average molecular weight is 314 g/mol. The number of benzene rings is 1. The highest BCUT2D eigenvalue weighted by atomic mass is 16.5. The van der Waals surface area contributed by atoms with Crippen molar-refractivity contribution in [3.8, 4) is 0 Å². The molecule has 0 aromatic heterocycles. The maximum absolute atomic E-state index is 12.6.